The highest BCUT2D eigenvalue weighted by molar-refractivity contribution is 7.19. The van der Waals surface area contributed by atoms with Gasteiger partial charge in [0.25, 0.3) is 0 Å². The highest BCUT2D eigenvalue weighted by Crippen LogP contribution is 2.45. The van der Waals surface area contributed by atoms with Gasteiger partial charge in [0.05, 0.1) is 11.1 Å². The molecule has 2 nitrogen and oxygen atoms in total. The van der Waals surface area contributed by atoms with Crippen molar-refractivity contribution in [2.45, 2.75) is 60.3 Å². The van der Waals surface area contributed by atoms with Crippen molar-refractivity contribution < 1.29 is 4.42 Å². The zero-order chi connectivity index (χ0) is 26.8. The van der Waals surface area contributed by atoms with Gasteiger partial charge < -0.3 is 4.42 Å². The minimum atomic E-state index is 0.0144. The first-order chi connectivity index (χ1) is 18.1. The molecule has 6 rings (SSSR count). The lowest BCUT2D eigenvalue weighted by Crippen LogP contribution is -2.12. The van der Waals surface area contributed by atoms with Gasteiger partial charge in [0, 0.05) is 37.9 Å². The summed E-state index contributed by atoms with van der Waals surface area (Å²) < 4.78 is 7.98. The van der Waals surface area contributed by atoms with Crippen LogP contribution in [0.5, 0.6) is 0 Å². The van der Waals surface area contributed by atoms with E-state index in [-0.39, 0.29) is 5.41 Å². The predicted molar refractivity (Wildman–Crippen MR) is 164 cm³/mol. The first-order valence-corrected chi connectivity index (χ1v) is 14.4. The number of fused-ring (bicyclic) bond motifs is 3. The molecule has 0 saturated heterocycles. The number of aryl methyl sites for hydroxylation is 2. The molecule has 0 unspecified atom stereocenters. The zero-order valence-electron chi connectivity index (χ0n) is 23.4. The molecule has 6 aromatic rings. The second kappa shape index (κ2) is 9.10. The molecule has 3 heterocycles. The molecule has 0 aliphatic carbocycles. The van der Waals surface area contributed by atoms with Crippen molar-refractivity contribution in [1.29, 1.82) is 0 Å². The Bertz CT molecular complexity index is 1830. The third-order valence-corrected chi connectivity index (χ3v) is 8.67. The van der Waals surface area contributed by atoms with E-state index in [1.54, 1.807) is 0 Å². The maximum atomic E-state index is 6.67. The molecular formula is C35H35NOS. The van der Waals surface area contributed by atoms with Crippen LogP contribution in [-0.4, -0.2) is 4.98 Å². The molecule has 0 aliphatic rings. The van der Waals surface area contributed by atoms with Crippen LogP contribution in [0.4, 0.5) is 0 Å². The van der Waals surface area contributed by atoms with Gasteiger partial charge in [-0.05, 0) is 83.8 Å². The van der Waals surface area contributed by atoms with Crippen LogP contribution in [0.3, 0.4) is 0 Å². The Morgan fingerprint density at radius 1 is 0.921 bits per heavy atom. The quantitative estimate of drug-likeness (QED) is 0.232. The van der Waals surface area contributed by atoms with E-state index >= 15 is 0 Å². The summed E-state index contributed by atoms with van der Waals surface area (Å²) in [5.74, 6) is 1.59. The maximum Gasteiger partial charge on any atom is 0.140 e. The van der Waals surface area contributed by atoms with E-state index in [4.69, 9.17) is 9.40 Å². The Morgan fingerprint density at radius 3 is 2.47 bits per heavy atom. The second-order valence-electron chi connectivity index (χ2n) is 12.0. The number of rotatable bonds is 4. The lowest BCUT2D eigenvalue weighted by molar-refractivity contribution is 0.596. The molecule has 0 saturated carbocycles. The molecular weight excluding hydrogens is 482 g/mol. The van der Waals surface area contributed by atoms with Crippen molar-refractivity contribution in [3.05, 3.63) is 88.4 Å². The molecule has 3 heteroatoms. The average Bonchev–Trinajstić information content (AvgIpc) is 3.37. The van der Waals surface area contributed by atoms with Gasteiger partial charge in [-0.25, -0.2) is 0 Å². The van der Waals surface area contributed by atoms with E-state index in [0.29, 0.717) is 5.92 Å². The monoisotopic (exact) mass is 517 g/mol. The van der Waals surface area contributed by atoms with Crippen LogP contribution in [0.2, 0.25) is 0 Å². The molecule has 38 heavy (non-hydrogen) atoms. The Hall–Kier alpha value is -3.43. The largest absolute Gasteiger partial charge is 0.456 e. The molecule has 0 atom stereocenters. The Kier molecular flexibility index (Phi) is 5.96. The van der Waals surface area contributed by atoms with Gasteiger partial charge in [-0.3, -0.25) is 4.98 Å². The van der Waals surface area contributed by atoms with Gasteiger partial charge in [-0.15, -0.1) is 11.3 Å². The Labute approximate surface area is 229 Å². The summed E-state index contributed by atoms with van der Waals surface area (Å²) in [4.78, 5) is 6.23. The lowest BCUT2D eigenvalue weighted by atomic mass is 9.82. The SMILES string of the molecule is Cc1sc2ccc(CC(C)C)cc2c1-c1oc2ccnc(-c3cc(C(C)(C)C)c4ccccc4c3)c2c1C. The van der Waals surface area contributed by atoms with Crippen molar-refractivity contribution in [3.8, 4) is 22.6 Å². The van der Waals surface area contributed by atoms with Gasteiger partial charge in [0.15, 0.2) is 0 Å². The van der Waals surface area contributed by atoms with Crippen LogP contribution in [0.15, 0.2) is 71.3 Å². The fourth-order valence-corrected chi connectivity index (χ4v) is 6.91. The van der Waals surface area contributed by atoms with Gasteiger partial charge >= 0.3 is 0 Å². The highest BCUT2D eigenvalue weighted by Gasteiger charge is 2.24. The molecule has 0 aliphatic heterocycles. The standard InChI is InChI=1S/C35H35NOS/c1-20(2)16-23-12-13-30-27(17-23)32(22(4)38-30)34-21(3)31-29(37-34)14-15-36-33(31)25-18-24-10-8-9-11-26(24)28(19-25)35(5,6)7/h8-15,17-20H,16H2,1-7H3. The van der Waals surface area contributed by atoms with E-state index in [1.807, 2.05) is 23.6 Å². The molecule has 0 bridgehead atoms. The molecule has 0 fully saturated rings. The van der Waals surface area contributed by atoms with Crippen molar-refractivity contribution in [2.24, 2.45) is 5.92 Å². The van der Waals surface area contributed by atoms with Crippen LogP contribution in [0.1, 0.15) is 56.2 Å². The number of nitrogens with zero attached hydrogens (tertiary/aromatic N) is 1. The zero-order valence-corrected chi connectivity index (χ0v) is 24.2. The number of pyridine rings is 1. The maximum absolute atomic E-state index is 6.67. The Morgan fingerprint density at radius 2 is 1.71 bits per heavy atom. The molecule has 0 N–H and O–H groups in total. The topological polar surface area (TPSA) is 26.0 Å². The summed E-state index contributed by atoms with van der Waals surface area (Å²) in [5, 5.41) is 4.95. The van der Waals surface area contributed by atoms with Gasteiger partial charge in [-0.2, -0.15) is 0 Å². The molecule has 0 spiro atoms. The van der Waals surface area contributed by atoms with E-state index < -0.39 is 0 Å². The van der Waals surface area contributed by atoms with Crippen LogP contribution in [-0.2, 0) is 11.8 Å². The minimum absolute atomic E-state index is 0.0144. The van der Waals surface area contributed by atoms with Crippen LogP contribution in [0.25, 0.3) is 54.4 Å². The van der Waals surface area contributed by atoms with E-state index in [2.05, 4.69) is 103 Å². The van der Waals surface area contributed by atoms with Crippen molar-refractivity contribution in [1.82, 2.24) is 4.98 Å². The summed E-state index contributed by atoms with van der Waals surface area (Å²) in [6.45, 7) is 15.8. The molecule has 192 valence electrons. The summed E-state index contributed by atoms with van der Waals surface area (Å²) in [5.41, 5.74) is 8.14. The summed E-state index contributed by atoms with van der Waals surface area (Å²) in [7, 11) is 0. The number of furan rings is 1. The second-order valence-corrected chi connectivity index (χ2v) is 13.3. The van der Waals surface area contributed by atoms with Gasteiger partial charge in [0.1, 0.15) is 11.3 Å². The summed E-state index contributed by atoms with van der Waals surface area (Å²) in [6, 6.07) is 22.2. The fraction of sp³-hybridized carbons (Fsp3) is 0.286. The number of benzene rings is 3. The Balaban J connectivity index is 1.59. The van der Waals surface area contributed by atoms with E-state index in [0.717, 1.165) is 40.0 Å². The molecule has 0 radical (unpaired) electrons. The summed E-state index contributed by atoms with van der Waals surface area (Å²) in [6.07, 6.45) is 2.96. The number of hydrogen-bond acceptors (Lipinski definition) is 3. The van der Waals surface area contributed by atoms with E-state index in [1.165, 1.54) is 42.4 Å². The predicted octanol–water partition coefficient (Wildman–Crippen LogP) is 10.6. The smallest absolute Gasteiger partial charge is 0.140 e. The molecule has 0 amide bonds. The number of aromatic nitrogens is 1. The first kappa shape index (κ1) is 24.9. The average molecular weight is 518 g/mol. The van der Waals surface area contributed by atoms with Crippen molar-refractivity contribution in [3.63, 3.8) is 0 Å². The highest BCUT2D eigenvalue weighted by atomic mass is 32.1. The summed E-state index contributed by atoms with van der Waals surface area (Å²) >= 11 is 1.85. The fourth-order valence-electron chi connectivity index (χ4n) is 5.86. The molecule has 3 aromatic heterocycles. The van der Waals surface area contributed by atoms with E-state index in [9.17, 15) is 0 Å². The van der Waals surface area contributed by atoms with Crippen molar-refractivity contribution >= 4 is 43.2 Å². The number of hydrogen-bond donors (Lipinski definition) is 0. The third-order valence-electron chi connectivity index (χ3n) is 7.58. The minimum Gasteiger partial charge on any atom is -0.456 e. The third kappa shape index (κ3) is 4.14. The van der Waals surface area contributed by atoms with Crippen LogP contribution >= 0.6 is 11.3 Å². The van der Waals surface area contributed by atoms with Crippen LogP contribution < -0.4 is 0 Å². The van der Waals surface area contributed by atoms with Gasteiger partial charge in [0.2, 0.25) is 0 Å². The molecule has 3 aromatic carbocycles. The lowest BCUT2D eigenvalue weighted by Gasteiger charge is -2.22. The van der Waals surface area contributed by atoms with Crippen molar-refractivity contribution in [2.75, 3.05) is 0 Å². The van der Waals surface area contributed by atoms with Gasteiger partial charge in [-0.1, -0.05) is 65.0 Å². The normalized spacial score (nSPS) is 12.4. The van der Waals surface area contributed by atoms with Crippen LogP contribution in [0, 0.1) is 19.8 Å². The first-order valence-electron chi connectivity index (χ1n) is 13.6. The number of thiophene rings is 1.